The molecule has 0 bridgehead atoms. The number of hydrogen-bond acceptors (Lipinski definition) is 4. The zero-order valence-corrected chi connectivity index (χ0v) is 16.3. The summed E-state index contributed by atoms with van der Waals surface area (Å²) in [6.45, 7) is 0. The zero-order chi connectivity index (χ0) is 21.8. The summed E-state index contributed by atoms with van der Waals surface area (Å²) >= 11 is 0. The summed E-state index contributed by atoms with van der Waals surface area (Å²) in [5.41, 5.74) is 1.63. The van der Waals surface area contributed by atoms with Crippen LogP contribution in [0.1, 0.15) is 31.8 Å². The molecule has 0 atom stereocenters. The standard InChI is InChI=1S/C26H17FO4/c27-20-11-5-17(6-12-20)25(29)18-9-15-22(16-10-18)31-24-4-2-1-3-23(24)26(30)19-7-13-21(28)14-8-19/h1-16,28H. The Morgan fingerprint density at radius 2 is 1.16 bits per heavy atom. The summed E-state index contributed by atoms with van der Waals surface area (Å²) in [7, 11) is 0. The lowest BCUT2D eigenvalue weighted by molar-refractivity contribution is 0.103. The van der Waals surface area contributed by atoms with E-state index in [-0.39, 0.29) is 17.3 Å². The SMILES string of the molecule is O=C(c1ccc(F)cc1)c1ccc(Oc2ccccc2C(=O)c2ccc(O)cc2)cc1. The van der Waals surface area contributed by atoms with Crippen LogP contribution in [0, 0.1) is 5.82 Å². The van der Waals surface area contributed by atoms with Gasteiger partial charge in [0.05, 0.1) is 5.56 Å². The van der Waals surface area contributed by atoms with Crippen molar-refractivity contribution in [2.45, 2.75) is 0 Å². The third-order valence-electron chi connectivity index (χ3n) is 4.71. The molecule has 31 heavy (non-hydrogen) atoms. The lowest BCUT2D eigenvalue weighted by Crippen LogP contribution is -2.04. The Labute approximate surface area is 178 Å². The second kappa shape index (κ2) is 8.63. The van der Waals surface area contributed by atoms with E-state index in [2.05, 4.69) is 0 Å². The van der Waals surface area contributed by atoms with Crippen molar-refractivity contribution in [1.82, 2.24) is 0 Å². The van der Waals surface area contributed by atoms with Crippen molar-refractivity contribution in [2.24, 2.45) is 0 Å². The molecule has 0 unspecified atom stereocenters. The number of phenols is 1. The first kappa shape index (κ1) is 20.0. The highest BCUT2D eigenvalue weighted by Gasteiger charge is 2.15. The highest BCUT2D eigenvalue weighted by molar-refractivity contribution is 6.11. The van der Waals surface area contributed by atoms with Crippen LogP contribution in [0.3, 0.4) is 0 Å². The molecule has 0 saturated heterocycles. The van der Waals surface area contributed by atoms with Crippen molar-refractivity contribution < 1.29 is 23.8 Å². The number of phenolic OH excluding ortho intramolecular Hbond substituents is 1. The number of carbonyl (C=O) groups excluding carboxylic acids is 2. The van der Waals surface area contributed by atoms with E-state index in [1.165, 1.54) is 36.4 Å². The highest BCUT2D eigenvalue weighted by Crippen LogP contribution is 2.28. The Bertz CT molecular complexity index is 1230. The maximum absolute atomic E-state index is 13.1. The van der Waals surface area contributed by atoms with Crippen molar-refractivity contribution in [1.29, 1.82) is 0 Å². The Kier molecular flexibility index (Phi) is 5.58. The second-order valence-electron chi connectivity index (χ2n) is 6.83. The van der Waals surface area contributed by atoms with Crippen LogP contribution in [0.4, 0.5) is 4.39 Å². The maximum atomic E-state index is 13.1. The van der Waals surface area contributed by atoms with Gasteiger partial charge in [-0.2, -0.15) is 0 Å². The van der Waals surface area contributed by atoms with Crippen LogP contribution < -0.4 is 4.74 Å². The molecule has 0 aromatic heterocycles. The van der Waals surface area contributed by atoms with Gasteiger partial charge in [0.2, 0.25) is 0 Å². The monoisotopic (exact) mass is 412 g/mol. The fourth-order valence-corrected chi connectivity index (χ4v) is 3.08. The summed E-state index contributed by atoms with van der Waals surface area (Å²) in [5, 5.41) is 9.43. The number of halogens is 1. The number of carbonyl (C=O) groups is 2. The lowest BCUT2D eigenvalue weighted by atomic mass is 10.0. The summed E-state index contributed by atoms with van der Waals surface area (Å²) in [6, 6.07) is 24.7. The smallest absolute Gasteiger partial charge is 0.196 e. The predicted molar refractivity (Wildman–Crippen MR) is 114 cm³/mol. The van der Waals surface area contributed by atoms with Gasteiger partial charge in [0.1, 0.15) is 23.1 Å². The Hall–Kier alpha value is -4.25. The number of rotatable bonds is 6. The van der Waals surface area contributed by atoms with Crippen molar-refractivity contribution >= 4 is 11.6 Å². The minimum atomic E-state index is -0.402. The number of ether oxygens (including phenoxy) is 1. The molecule has 0 saturated carbocycles. The third kappa shape index (κ3) is 4.51. The molecule has 0 amide bonds. The van der Waals surface area contributed by atoms with Gasteiger partial charge >= 0.3 is 0 Å². The molecule has 0 fully saturated rings. The van der Waals surface area contributed by atoms with Crippen molar-refractivity contribution in [2.75, 3.05) is 0 Å². The largest absolute Gasteiger partial charge is 0.508 e. The minimum Gasteiger partial charge on any atom is -0.508 e. The Morgan fingerprint density at radius 1 is 0.645 bits per heavy atom. The molecule has 0 aliphatic carbocycles. The van der Waals surface area contributed by atoms with E-state index in [0.29, 0.717) is 33.8 Å². The van der Waals surface area contributed by atoms with E-state index in [4.69, 9.17) is 4.74 Å². The molecular weight excluding hydrogens is 395 g/mol. The number of ketones is 2. The molecule has 1 N–H and O–H groups in total. The van der Waals surface area contributed by atoms with Crippen LogP contribution >= 0.6 is 0 Å². The van der Waals surface area contributed by atoms with E-state index in [9.17, 15) is 19.1 Å². The van der Waals surface area contributed by atoms with E-state index in [1.807, 2.05) is 0 Å². The molecule has 0 heterocycles. The van der Waals surface area contributed by atoms with Gasteiger partial charge in [-0.1, -0.05) is 12.1 Å². The van der Waals surface area contributed by atoms with E-state index >= 15 is 0 Å². The number of hydrogen-bond donors (Lipinski definition) is 1. The van der Waals surface area contributed by atoms with Crippen LogP contribution in [0.25, 0.3) is 0 Å². The molecule has 0 radical (unpaired) electrons. The Morgan fingerprint density at radius 3 is 1.81 bits per heavy atom. The Balaban J connectivity index is 1.55. The van der Waals surface area contributed by atoms with Crippen LogP contribution in [-0.2, 0) is 0 Å². The number of aromatic hydroxyl groups is 1. The van der Waals surface area contributed by atoms with E-state index < -0.39 is 5.82 Å². The first-order chi connectivity index (χ1) is 15.0. The van der Waals surface area contributed by atoms with Gasteiger partial charge in [0, 0.05) is 16.7 Å². The first-order valence-electron chi connectivity index (χ1n) is 9.52. The highest BCUT2D eigenvalue weighted by atomic mass is 19.1. The molecule has 0 aliphatic heterocycles. The molecule has 4 aromatic carbocycles. The van der Waals surface area contributed by atoms with Crippen molar-refractivity contribution in [3.63, 3.8) is 0 Å². The average Bonchev–Trinajstić information content (AvgIpc) is 2.80. The molecule has 152 valence electrons. The maximum Gasteiger partial charge on any atom is 0.196 e. The van der Waals surface area contributed by atoms with Crippen LogP contribution in [0.5, 0.6) is 17.2 Å². The summed E-state index contributed by atoms with van der Waals surface area (Å²) in [5.74, 6) is 0.0464. The molecule has 4 nitrogen and oxygen atoms in total. The van der Waals surface area contributed by atoms with Crippen molar-refractivity contribution in [3.8, 4) is 17.2 Å². The number of benzene rings is 4. The zero-order valence-electron chi connectivity index (χ0n) is 16.3. The van der Waals surface area contributed by atoms with Gasteiger partial charge in [-0.25, -0.2) is 4.39 Å². The van der Waals surface area contributed by atoms with Crippen LogP contribution in [0.15, 0.2) is 97.1 Å². The van der Waals surface area contributed by atoms with Gasteiger partial charge in [-0.05, 0) is 84.9 Å². The summed E-state index contributed by atoms with van der Waals surface area (Å²) in [4.78, 5) is 25.4. The van der Waals surface area contributed by atoms with Crippen LogP contribution in [-0.4, -0.2) is 16.7 Å². The minimum absolute atomic E-state index is 0.0800. The predicted octanol–water partition coefficient (Wildman–Crippen LogP) is 5.79. The van der Waals surface area contributed by atoms with Crippen LogP contribution in [0.2, 0.25) is 0 Å². The average molecular weight is 412 g/mol. The molecule has 4 rings (SSSR count). The first-order valence-corrected chi connectivity index (χ1v) is 9.52. The molecule has 5 heteroatoms. The van der Waals surface area contributed by atoms with Crippen molar-refractivity contribution in [3.05, 3.63) is 125 Å². The van der Waals surface area contributed by atoms with Gasteiger partial charge in [0.15, 0.2) is 11.6 Å². The molecule has 0 spiro atoms. The summed E-state index contributed by atoms with van der Waals surface area (Å²) < 4.78 is 19.0. The second-order valence-corrected chi connectivity index (χ2v) is 6.83. The summed E-state index contributed by atoms with van der Waals surface area (Å²) in [6.07, 6.45) is 0. The molecular formula is C26H17FO4. The van der Waals surface area contributed by atoms with Gasteiger partial charge in [-0.15, -0.1) is 0 Å². The topological polar surface area (TPSA) is 63.6 Å². The normalized spacial score (nSPS) is 10.5. The van der Waals surface area contributed by atoms with E-state index in [0.717, 1.165) is 0 Å². The molecule has 4 aromatic rings. The lowest BCUT2D eigenvalue weighted by Gasteiger charge is -2.11. The quantitative estimate of drug-likeness (QED) is 0.408. The fraction of sp³-hybridized carbons (Fsp3) is 0. The number of para-hydroxylation sites is 1. The fourth-order valence-electron chi connectivity index (χ4n) is 3.08. The van der Waals surface area contributed by atoms with Gasteiger partial charge < -0.3 is 9.84 Å². The van der Waals surface area contributed by atoms with Gasteiger partial charge in [-0.3, -0.25) is 9.59 Å². The third-order valence-corrected chi connectivity index (χ3v) is 4.71. The van der Waals surface area contributed by atoms with E-state index in [1.54, 1.807) is 60.7 Å². The molecule has 0 aliphatic rings. The van der Waals surface area contributed by atoms with Gasteiger partial charge in [0.25, 0.3) is 0 Å².